The highest BCUT2D eigenvalue weighted by Crippen LogP contribution is 2.28. The molecular formula is C16H22BrF2NO. The molecule has 0 aliphatic heterocycles. The van der Waals surface area contributed by atoms with Gasteiger partial charge in [-0.15, -0.1) is 0 Å². The summed E-state index contributed by atoms with van der Waals surface area (Å²) >= 11 is 3.37. The van der Waals surface area contributed by atoms with Crippen molar-refractivity contribution in [1.29, 1.82) is 0 Å². The quantitative estimate of drug-likeness (QED) is 0.772. The molecule has 0 aromatic heterocycles. The van der Waals surface area contributed by atoms with Crippen LogP contribution < -0.4 is 10.1 Å². The number of halogens is 3. The van der Waals surface area contributed by atoms with Crippen molar-refractivity contribution in [2.24, 2.45) is 11.8 Å². The average Bonchev–Trinajstić information content (AvgIpc) is 2.43. The summed E-state index contributed by atoms with van der Waals surface area (Å²) in [6.07, 6.45) is 5.10. The Labute approximate surface area is 133 Å². The summed E-state index contributed by atoms with van der Waals surface area (Å²) in [7, 11) is 0. The molecule has 0 heterocycles. The van der Waals surface area contributed by atoms with Crippen LogP contribution in [0.4, 0.5) is 8.78 Å². The van der Waals surface area contributed by atoms with Crippen LogP contribution in [0, 0.1) is 11.8 Å². The number of ether oxygens (including phenoxy) is 1. The van der Waals surface area contributed by atoms with Crippen molar-refractivity contribution in [3.8, 4) is 5.75 Å². The minimum absolute atomic E-state index is 0.248. The van der Waals surface area contributed by atoms with Gasteiger partial charge in [-0.1, -0.05) is 35.7 Å². The first-order valence-electron chi connectivity index (χ1n) is 7.48. The van der Waals surface area contributed by atoms with Gasteiger partial charge in [-0.2, -0.15) is 8.78 Å². The molecule has 0 amide bonds. The van der Waals surface area contributed by atoms with E-state index in [4.69, 9.17) is 0 Å². The minimum atomic E-state index is -2.79. The highest BCUT2D eigenvalue weighted by molar-refractivity contribution is 9.10. The molecule has 1 aliphatic rings. The minimum Gasteiger partial charge on any atom is -0.434 e. The van der Waals surface area contributed by atoms with Crippen LogP contribution in [-0.2, 0) is 6.54 Å². The molecule has 1 saturated carbocycles. The zero-order chi connectivity index (χ0) is 15.2. The first-order valence-corrected chi connectivity index (χ1v) is 8.28. The maximum atomic E-state index is 12.4. The smallest absolute Gasteiger partial charge is 0.387 e. The predicted octanol–water partition coefficient (Wildman–Crippen LogP) is 4.97. The summed E-state index contributed by atoms with van der Waals surface area (Å²) in [5.41, 5.74) is 0.758. The highest BCUT2D eigenvalue weighted by Gasteiger charge is 2.18. The van der Waals surface area contributed by atoms with Crippen LogP contribution in [0.3, 0.4) is 0 Å². The Morgan fingerprint density at radius 3 is 2.67 bits per heavy atom. The van der Waals surface area contributed by atoms with Crippen LogP contribution in [0.1, 0.15) is 38.2 Å². The zero-order valence-corrected chi connectivity index (χ0v) is 13.8. The van der Waals surface area contributed by atoms with Crippen molar-refractivity contribution in [2.75, 3.05) is 6.54 Å². The van der Waals surface area contributed by atoms with Crippen molar-refractivity contribution >= 4 is 15.9 Å². The maximum Gasteiger partial charge on any atom is 0.387 e. The van der Waals surface area contributed by atoms with Crippen LogP contribution >= 0.6 is 15.9 Å². The Morgan fingerprint density at radius 2 is 2.00 bits per heavy atom. The van der Waals surface area contributed by atoms with E-state index >= 15 is 0 Å². The van der Waals surface area contributed by atoms with Gasteiger partial charge in [0, 0.05) is 16.6 Å². The Morgan fingerprint density at radius 1 is 1.29 bits per heavy atom. The lowest BCUT2D eigenvalue weighted by molar-refractivity contribution is -0.0505. The highest BCUT2D eigenvalue weighted by atomic mass is 79.9. The van der Waals surface area contributed by atoms with Crippen LogP contribution in [0.5, 0.6) is 5.75 Å². The third-order valence-electron chi connectivity index (χ3n) is 4.12. The lowest BCUT2D eigenvalue weighted by Crippen LogP contribution is -2.26. The molecule has 5 heteroatoms. The molecule has 1 aromatic carbocycles. The molecule has 0 saturated heterocycles. The van der Waals surface area contributed by atoms with E-state index in [-0.39, 0.29) is 5.75 Å². The molecule has 0 unspecified atom stereocenters. The van der Waals surface area contributed by atoms with E-state index in [9.17, 15) is 8.78 Å². The molecule has 0 atom stereocenters. The molecule has 1 N–H and O–H groups in total. The van der Waals surface area contributed by atoms with E-state index in [1.165, 1.54) is 25.7 Å². The Hall–Kier alpha value is -0.680. The van der Waals surface area contributed by atoms with E-state index < -0.39 is 6.61 Å². The second-order valence-corrected chi connectivity index (χ2v) is 6.80. The van der Waals surface area contributed by atoms with E-state index in [0.717, 1.165) is 22.5 Å². The fraction of sp³-hybridized carbons (Fsp3) is 0.625. The second-order valence-electron chi connectivity index (χ2n) is 5.89. The molecule has 21 heavy (non-hydrogen) atoms. The number of hydrogen-bond acceptors (Lipinski definition) is 2. The fourth-order valence-corrected chi connectivity index (χ4v) is 3.25. The Balaban J connectivity index is 1.85. The summed E-state index contributed by atoms with van der Waals surface area (Å²) in [6.45, 7) is 1.00. The molecule has 2 rings (SSSR count). The molecule has 1 fully saturated rings. The van der Waals surface area contributed by atoms with Gasteiger partial charge in [0.2, 0.25) is 0 Å². The van der Waals surface area contributed by atoms with E-state index in [1.54, 1.807) is 12.1 Å². The molecule has 118 valence electrons. The number of rotatable bonds is 6. The van der Waals surface area contributed by atoms with E-state index in [0.29, 0.717) is 12.5 Å². The molecule has 0 bridgehead atoms. The normalized spacial score (nSPS) is 22.5. The first-order chi connectivity index (χ1) is 10.0. The third kappa shape index (κ3) is 5.55. The van der Waals surface area contributed by atoms with Gasteiger partial charge in [-0.05, 0) is 49.4 Å². The monoisotopic (exact) mass is 361 g/mol. The molecule has 0 radical (unpaired) electrons. The molecular weight excluding hydrogens is 340 g/mol. The van der Waals surface area contributed by atoms with Gasteiger partial charge in [0.1, 0.15) is 5.75 Å². The Bertz CT molecular complexity index is 448. The molecule has 0 spiro atoms. The molecule has 2 nitrogen and oxygen atoms in total. The summed E-state index contributed by atoms with van der Waals surface area (Å²) in [6, 6.07) is 5.12. The topological polar surface area (TPSA) is 21.3 Å². The second kappa shape index (κ2) is 8.08. The number of alkyl halides is 2. The zero-order valence-electron chi connectivity index (χ0n) is 12.2. The van der Waals surface area contributed by atoms with Crippen molar-refractivity contribution in [1.82, 2.24) is 5.32 Å². The first kappa shape index (κ1) is 16.7. The van der Waals surface area contributed by atoms with Crippen LogP contribution in [0.2, 0.25) is 0 Å². The van der Waals surface area contributed by atoms with Gasteiger partial charge in [-0.3, -0.25) is 0 Å². The lowest BCUT2D eigenvalue weighted by Gasteiger charge is -2.26. The van der Waals surface area contributed by atoms with Gasteiger partial charge >= 0.3 is 6.61 Å². The summed E-state index contributed by atoms with van der Waals surface area (Å²) in [4.78, 5) is 0. The van der Waals surface area contributed by atoms with Crippen molar-refractivity contribution in [2.45, 2.75) is 45.8 Å². The predicted molar refractivity (Wildman–Crippen MR) is 83.6 cm³/mol. The van der Waals surface area contributed by atoms with E-state index in [2.05, 4.69) is 32.9 Å². The van der Waals surface area contributed by atoms with E-state index in [1.807, 2.05) is 6.07 Å². The van der Waals surface area contributed by atoms with Crippen LogP contribution in [0.25, 0.3) is 0 Å². The summed E-state index contributed by atoms with van der Waals surface area (Å²) in [5, 5.41) is 3.38. The Kier molecular flexibility index (Phi) is 6.42. The standard InChI is InChI=1S/C16H22BrF2NO/c1-11-2-4-12(5-3-11)9-20-10-13-8-14(17)6-7-15(13)21-16(18)19/h6-8,11-12,16,20H,2-5,9-10H2,1H3. The number of hydrogen-bond donors (Lipinski definition) is 1. The largest absolute Gasteiger partial charge is 0.434 e. The number of benzene rings is 1. The van der Waals surface area contributed by atoms with Gasteiger partial charge in [-0.25, -0.2) is 0 Å². The molecule has 1 aromatic rings. The number of nitrogens with one attached hydrogen (secondary N) is 1. The lowest BCUT2D eigenvalue weighted by atomic mass is 9.83. The van der Waals surface area contributed by atoms with Gasteiger partial charge in [0.25, 0.3) is 0 Å². The van der Waals surface area contributed by atoms with Crippen molar-refractivity contribution in [3.63, 3.8) is 0 Å². The SMILES string of the molecule is CC1CCC(CNCc2cc(Br)ccc2OC(F)F)CC1. The van der Waals surface area contributed by atoms with Crippen LogP contribution in [0.15, 0.2) is 22.7 Å². The average molecular weight is 362 g/mol. The van der Waals surface area contributed by atoms with Gasteiger partial charge in [0.15, 0.2) is 0 Å². The molecule has 1 aliphatic carbocycles. The fourth-order valence-electron chi connectivity index (χ4n) is 2.84. The van der Waals surface area contributed by atoms with Gasteiger partial charge in [0.05, 0.1) is 0 Å². The maximum absolute atomic E-state index is 12.4. The summed E-state index contributed by atoms with van der Waals surface area (Å²) < 4.78 is 30.2. The van der Waals surface area contributed by atoms with Gasteiger partial charge < -0.3 is 10.1 Å². The summed E-state index contributed by atoms with van der Waals surface area (Å²) in [5.74, 6) is 1.79. The third-order valence-corrected chi connectivity index (χ3v) is 4.62. The van der Waals surface area contributed by atoms with Crippen molar-refractivity contribution in [3.05, 3.63) is 28.2 Å². The van der Waals surface area contributed by atoms with Crippen LogP contribution in [-0.4, -0.2) is 13.2 Å². The van der Waals surface area contributed by atoms with Crippen molar-refractivity contribution < 1.29 is 13.5 Å².